The van der Waals surface area contributed by atoms with E-state index in [1.54, 1.807) is 23.1 Å². The quantitative estimate of drug-likeness (QED) is 0.487. The number of benzene rings is 2. The van der Waals surface area contributed by atoms with Crippen molar-refractivity contribution in [1.29, 1.82) is 0 Å². The predicted octanol–water partition coefficient (Wildman–Crippen LogP) is 3.60. The van der Waals surface area contributed by atoms with Gasteiger partial charge in [-0.3, -0.25) is 19.7 Å². The van der Waals surface area contributed by atoms with E-state index < -0.39 is 10.7 Å². The summed E-state index contributed by atoms with van der Waals surface area (Å²) in [6, 6.07) is 10.2. The Morgan fingerprint density at radius 2 is 1.70 bits per heavy atom. The van der Waals surface area contributed by atoms with Crippen molar-refractivity contribution in [1.82, 2.24) is 9.80 Å². The van der Waals surface area contributed by atoms with Gasteiger partial charge in [0.15, 0.2) is 0 Å². The first-order valence-corrected chi connectivity index (χ1v) is 11.6. The van der Waals surface area contributed by atoms with Crippen molar-refractivity contribution in [2.45, 2.75) is 22.6 Å². The summed E-state index contributed by atoms with van der Waals surface area (Å²) in [5, 5.41) is 11.3. The number of nitrogens with zero attached hydrogens (tertiary/aromatic N) is 3. The maximum Gasteiger partial charge on any atom is 0.270 e. The molecule has 0 saturated carbocycles. The number of amides is 2. The third-order valence-electron chi connectivity index (χ3n) is 5.92. The number of carbonyl (C=O) groups is 2. The minimum atomic E-state index is -0.554. The molecule has 2 saturated heterocycles. The molecule has 10 heteroatoms. The number of nitro groups is 1. The molecule has 33 heavy (non-hydrogen) atoms. The normalized spacial score (nSPS) is 17.1. The Kier molecular flexibility index (Phi) is 7.24. The van der Waals surface area contributed by atoms with Crippen molar-refractivity contribution < 1.29 is 23.6 Å². The number of hydrogen-bond donors (Lipinski definition) is 0. The van der Waals surface area contributed by atoms with Gasteiger partial charge >= 0.3 is 0 Å². The van der Waals surface area contributed by atoms with Gasteiger partial charge in [-0.1, -0.05) is 23.9 Å². The predicted molar refractivity (Wildman–Crippen MR) is 120 cm³/mol. The molecule has 2 aliphatic rings. The van der Waals surface area contributed by atoms with Crippen LogP contribution in [0.5, 0.6) is 0 Å². The number of ether oxygens (including phenoxy) is 1. The van der Waals surface area contributed by atoms with Crippen LogP contribution in [0.3, 0.4) is 0 Å². The monoisotopic (exact) mass is 473 g/mol. The summed E-state index contributed by atoms with van der Waals surface area (Å²) < 4.78 is 19.5. The van der Waals surface area contributed by atoms with Crippen LogP contribution in [0.15, 0.2) is 52.3 Å². The zero-order chi connectivity index (χ0) is 23.4. The number of nitro benzene ring substituents is 1. The van der Waals surface area contributed by atoms with Gasteiger partial charge in [-0.05, 0) is 31.0 Å². The number of piperidine rings is 1. The van der Waals surface area contributed by atoms with E-state index in [1.807, 2.05) is 4.90 Å². The lowest BCUT2D eigenvalue weighted by Gasteiger charge is -2.35. The lowest BCUT2D eigenvalue weighted by molar-refractivity contribution is -0.384. The van der Waals surface area contributed by atoms with Gasteiger partial charge in [0.2, 0.25) is 5.91 Å². The second-order valence-electron chi connectivity index (χ2n) is 7.97. The van der Waals surface area contributed by atoms with Crippen molar-refractivity contribution in [3.05, 3.63) is 64.0 Å². The molecular formula is C23H24FN3O5S. The standard InChI is InChI=1S/C23H24FN3O5S/c24-19-3-1-2-4-21(19)33-20-6-5-17(27(30)31)15-18(20)23(29)25-9-7-16(8-10-25)22(28)26-11-13-32-14-12-26/h1-6,15-16H,7-14H2. The maximum absolute atomic E-state index is 14.2. The Bertz CT molecular complexity index is 1050. The highest BCUT2D eigenvalue weighted by Crippen LogP contribution is 2.35. The fourth-order valence-corrected chi connectivity index (χ4v) is 5.02. The summed E-state index contributed by atoms with van der Waals surface area (Å²) in [4.78, 5) is 41.1. The van der Waals surface area contributed by atoms with Crippen LogP contribution in [0.1, 0.15) is 23.2 Å². The Balaban J connectivity index is 1.50. The van der Waals surface area contributed by atoms with Crippen LogP contribution in [0.2, 0.25) is 0 Å². The average molecular weight is 474 g/mol. The molecule has 2 fully saturated rings. The molecule has 0 aliphatic carbocycles. The van der Waals surface area contributed by atoms with Gasteiger partial charge in [-0.15, -0.1) is 0 Å². The molecule has 0 atom stereocenters. The molecular weight excluding hydrogens is 449 g/mol. The van der Waals surface area contributed by atoms with Crippen molar-refractivity contribution in [3.8, 4) is 0 Å². The van der Waals surface area contributed by atoms with Gasteiger partial charge in [-0.25, -0.2) is 4.39 Å². The number of likely N-dealkylation sites (tertiary alicyclic amines) is 1. The number of morpholine rings is 1. The smallest absolute Gasteiger partial charge is 0.270 e. The minimum absolute atomic E-state index is 0.0940. The molecule has 2 aromatic rings. The molecule has 174 valence electrons. The van der Waals surface area contributed by atoms with Gasteiger partial charge in [0, 0.05) is 54.0 Å². The number of rotatable bonds is 5. The molecule has 0 unspecified atom stereocenters. The zero-order valence-electron chi connectivity index (χ0n) is 17.9. The number of non-ortho nitro benzene ring substituents is 1. The zero-order valence-corrected chi connectivity index (χ0v) is 18.8. The average Bonchev–Trinajstić information content (AvgIpc) is 2.85. The Morgan fingerprint density at radius 1 is 1.00 bits per heavy atom. The third kappa shape index (κ3) is 5.33. The lowest BCUT2D eigenvalue weighted by Crippen LogP contribution is -2.47. The molecule has 4 rings (SSSR count). The van der Waals surface area contributed by atoms with Crippen LogP contribution in [0.25, 0.3) is 0 Å². The molecule has 0 radical (unpaired) electrons. The summed E-state index contributed by atoms with van der Waals surface area (Å²) in [6.07, 6.45) is 1.07. The van der Waals surface area contributed by atoms with Gasteiger partial charge in [0.05, 0.1) is 23.7 Å². The number of hydrogen-bond acceptors (Lipinski definition) is 6. The van der Waals surface area contributed by atoms with Crippen LogP contribution in [-0.2, 0) is 9.53 Å². The van der Waals surface area contributed by atoms with Crippen LogP contribution in [0.4, 0.5) is 10.1 Å². The Labute approximate surface area is 194 Å². The highest BCUT2D eigenvalue weighted by molar-refractivity contribution is 7.99. The molecule has 2 aliphatic heterocycles. The SMILES string of the molecule is O=C(c1cc([N+](=O)[O-])ccc1Sc1ccccc1F)N1CCC(C(=O)N2CCOCC2)CC1. The van der Waals surface area contributed by atoms with Crippen LogP contribution in [0, 0.1) is 21.8 Å². The molecule has 2 amide bonds. The molecule has 0 spiro atoms. The minimum Gasteiger partial charge on any atom is -0.378 e. The third-order valence-corrected chi connectivity index (χ3v) is 7.04. The molecule has 0 aromatic heterocycles. The Hall–Kier alpha value is -2.98. The van der Waals surface area contributed by atoms with Crippen LogP contribution >= 0.6 is 11.8 Å². The molecule has 0 bridgehead atoms. The van der Waals surface area contributed by atoms with Gasteiger partial charge in [0.25, 0.3) is 11.6 Å². The van der Waals surface area contributed by atoms with E-state index in [0.29, 0.717) is 62.0 Å². The highest BCUT2D eigenvalue weighted by atomic mass is 32.2. The number of carbonyl (C=O) groups excluding carboxylic acids is 2. The first-order valence-electron chi connectivity index (χ1n) is 10.8. The second-order valence-corrected chi connectivity index (χ2v) is 9.06. The largest absolute Gasteiger partial charge is 0.378 e. The van der Waals surface area contributed by atoms with Gasteiger partial charge < -0.3 is 14.5 Å². The maximum atomic E-state index is 14.2. The van der Waals surface area contributed by atoms with E-state index in [4.69, 9.17) is 4.74 Å². The topological polar surface area (TPSA) is 93.0 Å². The summed E-state index contributed by atoms with van der Waals surface area (Å²) in [5.74, 6) is -0.836. The Morgan fingerprint density at radius 3 is 2.36 bits per heavy atom. The van der Waals surface area contributed by atoms with E-state index in [-0.39, 0.29) is 29.0 Å². The van der Waals surface area contributed by atoms with Crippen molar-refractivity contribution in [3.63, 3.8) is 0 Å². The molecule has 0 N–H and O–H groups in total. The second kappa shape index (κ2) is 10.3. The summed E-state index contributed by atoms with van der Waals surface area (Å²) in [6.45, 7) is 3.01. The van der Waals surface area contributed by atoms with Gasteiger partial charge in [0.1, 0.15) is 5.82 Å². The first kappa shape index (κ1) is 23.2. The molecule has 2 heterocycles. The van der Waals surface area contributed by atoms with E-state index >= 15 is 0 Å². The molecule has 2 aromatic carbocycles. The summed E-state index contributed by atoms with van der Waals surface area (Å²) in [5.41, 5.74) is -0.0379. The summed E-state index contributed by atoms with van der Waals surface area (Å²) >= 11 is 1.06. The van der Waals surface area contributed by atoms with E-state index in [2.05, 4.69) is 0 Å². The van der Waals surface area contributed by atoms with Crippen LogP contribution in [-0.4, -0.2) is 65.9 Å². The van der Waals surface area contributed by atoms with Gasteiger partial charge in [-0.2, -0.15) is 0 Å². The van der Waals surface area contributed by atoms with E-state index in [1.165, 1.54) is 24.3 Å². The van der Waals surface area contributed by atoms with Crippen molar-refractivity contribution >= 4 is 29.3 Å². The summed E-state index contributed by atoms with van der Waals surface area (Å²) in [7, 11) is 0. The van der Waals surface area contributed by atoms with Crippen LogP contribution < -0.4 is 0 Å². The van der Waals surface area contributed by atoms with E-state index in [9.17, 15) is 24.1 Å². The first-order chi connectivity index (χ1) is 15.9. The van der Waals surface area contributed by atoms with Crippen molar-refractivity contribution in [2.75, 3.05) is 39.4 Å². The highest BCUT2D eigenvalue weighted by Gasteiger charge is 2.32. The fourth-order valence-electron chi connectivity index (χ4n) is 4.08. The van der Waals surface area contributed by atoms with Crippen molar-refractivity contribution in [2.24, 2.45) is 5.92 Å². The number of halogens is 1. The molecule has 8 nitrogen and oxygen atoms in total. The fraction of sp³-hybridized carbons (Fsp3) is 0.391. The van der Waals surface area contributed by atoms with E-state index in [0.717, 1.165) is 11.8 Å². The lowest BCUT2D eigenvalue weighted by atomic mass is 9.94.